The zero-order valence-corrected chi connectivity index (χ0v) is 21.8. The van der Waals surface area contributed by atoms with E-state index in [0.29, 0.717) is 35.8 Å². The smallest absolute Gasteiger partial charge is 0.272 e. The molecule has 0 saturated heterocycles. The van der Waals surface area contributed by atoms with Crippen LogP contribution < -0.4 is 4.74 Å². The third-order valence-corrected chi connectivity index (χ3v) is 7.17. The average molecular weight is 501 g/mol. The van der Waals surface area contributed by atoms with Gasteiger partial charge in [0, 0.05) is 29.8 Å². The minimum atomic E-state index is -0.348. The molecule has 0 aromatic heterocycles. The van der Waals surface area contributed by atoms with Gasteiger partial charge in [0.25, 0.3) is 11.6 Å². The second kappa shape index (κ2) is 12.5. The van der Waals surface area contributed by atoms with Gasteiger partial charge < -0.3 is 9.64 Å². The lowest BCUT2D eigenvalue weighted by Gasteiger charge is -2.34. The van der Waals surface area contributed by atoms with Crippen LogP contribution in [0, 0.1) is 17.0 Å². The van der Waals surface area contributed by atoms with Crippen LogP contribution in [-0.2, 0) is 12.8 Å². The van der Waals surface area contributed by atoms with Crippen LogP contribution in [0.2, 0.25) is 0 Å². The van der Waals surface area contributed by atoms with Gasteiger partial charge in [0.05, 0.1) is 4.92 Å². The van der Waals surface area contributed by atoms with Gasteiger partial charge in [-0.05, 0) is 80.5 Å². The van der Waals surface area contributed by atoms with Crippen molar-refractivity contribution in [3.8, 4) is 11.5 Å². The van der Waals surface area contributed by atoms with Gasteiger partial charge in [-0.15, -0.1) is 0 Å². The maximum Gasteiger partial charge on any atom is 0.272 e. The molecule has 0 spiro atoms. The van der Waals surface area contributed by atoms with Crippen LogP contribution in [0.3, 0.4) is 0 Å². The van der Waals surface area contributed by atoms with Gasteiger partial charge in [-0.1, -0.05) is 56.5 Å². The molecule has 0 N–H and O–H groups in total. The van der Waals surface area contributed by atoms with Crippen LogP contribution in [0.25, 0.3) is 0 Å². The third-order valence-electron chi connectivity index (χ3n) is 7.17. The Morgan fingerprint density at radius 2 is 1.78 bits per heavy atom. The van der Waals surface area contributed by atoms with Crippen molar-refractivity contribution in [2.75, 3.05) is 6.54 Å². The van der Waals surface area contributed by atoms with Crippen LogP contribution in [0.1, 0.15) is 72.5 Å². The molecule has 4 rings (SSSR count). The molecule has 1 amide bonds. The zero-order valence-electron chi connectivity index (χ0n) is 21.8. The van der Waals surface area contributed by atoms with E-state index in [4.69, 9.17) is 4.74 Å². The highest BCUT2D eigenvalue weighted by atomic mass is 16.6. The minimum absolute atomic E-state index is 0.0794. The number of aryl methyl sites for hydroxylation is 3. The molecule has 1 saturated carbocycles. The van der Waals surface area contributed by atoms with Gasteiger partial charge in [-0.25, -0.2) is 0 Å². The lowest BCUT2D eigenvalue weighted by Crippen LogP contribution is -2.42. The standard InChI is InChI=1S/C31H36N2O4/c1-3-20-32(27-13-5-4-6-14-27)31(34)26-12-9-11-24(21-26)16-17-25-22-28(18-19-29(25)33(35)36)37-30-15-8-7-10-23(30)2/h7-12,15,18-19,21-22,27H,3-6,13-14,16-17,20H2,1-2H3. The average Bonchev–Trinajstić information content (AvgIpc) is 2.92. The predicted octanol–water partition coefficient (Wildman–Crippen LogP) is 7.67. The summed E-state index contributed by atoms with van der Waals surface area (Å²) in [5.74, 6) is 1.39. The van der Waals surface area contributed by atoms with Crippen molar-refractivity contribution < 1.29 is 14.5 Å². The largest absolute Gasteiger partial charge is 0.457 e. The summed E-state index contributed by atoms with van der Waals surface area (Å²) in [6.45, 7) is 4.85. The Kier molecular flexibility index (Phi) is 8.94. The van der Waals surface area contributed by atoms with Crippen LogP contribution in [0.4, 0.5) is 5.69 Å². The number of nitrogens with zero attached hydrogens (tertiary/aromatic N) is 2. The van der Waals surface area contributed by atoms with Gasteiger partial charge in [-0.2, -0.15) is 0 Å². The normalized spacial score (nSPS) is 13.8. The molecule has 0 unspecified atom stereocenters. The highest BCUT2D eigenvalue weighted by molar-refractivity contribution is 5.94. The lowest BCUT2D eigenvalue weighted by atomic mass is 9.93. The van der Waals surface area contributed by atoms with E-state index < -0.39 is 0 Å². The molecule has 6 heteroatoms. The van der Waals surface area contributed by atoms with Crippen molar-refractivity contribution in [3.63, 3.8) is 0 Å². The Morgan fingerprint density at radius 3 is 2.51 bits per heavy atom. The molecule has 0 aliphatic heterocycles. The Labute approximate surface area is 219 Å². The van der Waals surface area contributed by atoms with E-state index in [0.717, 1.165) is 42.7 Å². The third kappa shape index (κ3) is 6.76. The van der Waals surface area contributed by atoms with E-state index in [-0.39, 0.29) is 16.5 Å². The second-order valence-corrected chi connectivity index (χ2v) is 9.91. The molecule has 194 valence electrons. The number of rotatable bonds is 10. The van der Waals surface area contributed by atoms with E-state index in [9.17, 15) is 14.9 Å². The summed E-state index contributed by atoms with van der Waals surface area (Å²) in [5, 5.41) is 11.7. The zero-order chi connectivity index (χ0) is 26.2. The first-order valence-corrected chi connectivity index (χ1v) is 13.4. The van der Waals surface area contributed by atoms with E-state index in [1.165, 1.54) is 25.3 Å². The number of hydrogen-bond acceptors (Lipinski definition) is 4. The van der Waals surface area contributed by atoms with E-state index in [1.54, 1.807) is 12.1 Å². The van der Waals surface area contributed by atoms with Crippen LogP contribution >= 0.6 is 0 Å². The van der Waals surface area contributed by atoms with E-state index in [1.807, 2.05) is 55.5 Å². The summed E-state index contributed by atoms with van der Waals surface area (Å²) in [6, 6.07) is 20.7. The number of nitro benzene ring substituents is 1. The van der Waals surface area contributed by atoms with Gasteiger partial charge in [0.15, 0.2) is 0 Å². The maximum atomic E-state index is 13.5. The second-order valence-electron chi connectivity index (χ2n) is 9.91. The molecule has 1 aliphatic carbocycles. The first-order chi connectivity index (χ1) is 18.0. The fraction of sp³-hybridized carbons (Fsp3) is 0.387. The van der Waals surface area contributed by atoms with Crippen molar-refractivity contribution in [2.24, 2.45) is 0 Å². The molecule has 3 aromatic rings. The van der Waals surface area contributed by atoms with Crippen LogP contribution in [0.15, 0.2) is 66.7 Å². The number of amides is 1. The Bertz CT molecular complexity index is 1230. The molecular formula is C31H36N2O4. The number of benzene rings is 3. The van der Waals surface area contributed by atoms with Crippen molar-refractivity contribution in [1.82, 2.24) is 4.90 Å². The van der Waals surface area contributed by atoms with Crippen molar-refractivity contribution in [2.45, 2.75) is 71.3 Å². The SMILES string of the molecule is CCCN(C(=O)c1cccc(CCc2cc(Oc3ccccc3C)ccc2[N+](=O)[O-])c1)C1CCCCC1. The molecule has 0 bridgehead atoms. The van der Waals surface area contributed by atoms with Crippen molar-refractivity contribution in [1.29, 1.82) is 0 Å². The van der Waals surface area contributed by atoms with E-state index >= 15 is 0 Å². The predicted molar refractivity (Wildman–Crippen MR) is 146 cm³/mol. The Hall–Kier alpha value is -3.67. The molecule has 37 heavy (non-hydrogen) atoms. The lowest BCUT2D eigenvalue weighted by molar-refractivity contribution is -0.385. The number of ether oxygens (including phenoxy) is 1. The van der Waals surface area contributed by atoms with Crippen molar-refractivity contribution in [3.05, 3.63) is 99.1 Å². The summed E-state index contributed by atoms with van der Waals surface area (Å²) in [6.07, 6.45) is 7.78. The topological polar surface area (TPSA) is 72.7 Å². The monoisotopic (exact) mass is 500 g/mol. The van der Waals surface area contributed by atoms with Gasteiger partial charge >= 0.3 is 0 Å². The summed E-state index contributed by atoms with van der Waals surface area (Å²) in [7, 11) is 0. The fourth-order valence-electron chi connectivity index (χ4n) is 5.19. The van der Waals surface area contributed by atoms with Gasteiger partial charge in [0.1, 0.15) is 11.5 Å². The summed E-state index contributed by atoms with van der Waals surface area (Å²) >= 11 is 0. The maximum absolute atomic E-state index is 13.5. The quantitative estimate of drug-likeness (QED) is 0.211. The Balaban J connectivity index is 1.50. The first kappa shape index (κ1) is 26.4. The summed E-state index contributed by atoms with van der Waals surface area (Å²) in [4.78, 5) is 26.9. The molecule has 0 heterocycles. The number of carbonyl (C=O) groups excluding carboxylic acids is 1. The van der Waals surface area contributed by atoms with E-state index in [2.05, 4.69) is 11.8 Å². The van der Waals surface area contributed by atoms with Crippen LogP contribution in [0.5, 0.6) is 11.5 Å². The molecule has 6 nitrogen and oxygen atoms in total. The fourth-order valence-corrected chi connectivity index (χ4v) is 5.19. The number of carbonyl (C=O) groups is 1. The molecule has 0 radical (unpaired) electrons. The summed E-state index contributed by atoms with van der Waals surface area (Å²) < 4.78 is 6.02. The van der Waals surface area contributed by atoms with Gasteiger partial charge in [0.2, 0.25) is 0 Å². The number of hydrogen-bond donors (Lipinski definition) is 0. The van der Waals surface area contributed by atoms with Crippen LogP contribution in [-0.4, -0.2) is 28.3 Å². The highest BCUT2D eigenvalue weighted by Crippen LogP contribution is 2.30. The molecular weight excluding hydrogens is 464 g/mol. The highest BCUT2D eigenvalue weighted by Gasteiger charge is 2.25. The molecule has 3 aromatic carbocycles. The Morgan fingerprint density at radius 1 is 1.00 bits per heavy atom. The number of para-hydroxylation sites is 1. The molecule has 0 atom stereocenters. The molecule has 1 aliphatic rings. The minimum Gasteiger partial charge on any atom is -0.457 e. The summed E-state index contributed by atoms with van der Waals surface area (Å²) in [5.41, 5.74) is 3.38. The van der Waals surface area contributed by atoms with Crippen molar-refractivity contribution >= 4 is 11.6 Å². The number of nitro groups is 1. The molecule has 1 fully saturated rings. The first-order valence-electron chi connectivity index (χ1n) is 13.4. The van der Waals surface area contributed by atoms with Gasteiger partial charge in [-0.3, -0.25) is 14.9 Å².